The lowest BCUT2D eigenvalue weighted by Crippen LogP contribution is -2.41. The normalized spacial score (nSPS) is 11.5. The van der Waals surface area contributed by atoms with E-state index in [0.29, 0.717) is 35.9 Å². The number of hydrogen-bond donors (Lipinski definition) is 3. The number of carbonyl (C=O) groups is 2. The molecule has 0 fully saturated rings. The molecule has 0 spiro atoms. The number of aryl methyl sites for hydroxylation is 1. The summed E-state index contributed by atoms with van der Waals surface area (Å²) in [6, 6.07) is 13.5. The largest absolute Gasteiger partial charge is 0.370 e. The first kappa shape index (κ1) is 25.1. The number of thiazole rings is 1. The van der Waals surface area contributed by atoms with Gasteiger partial charge in [-0.2, -0.15) is 0 Å². The molecule has 0 bridgehead atoms. The van der Waals surface area contributed by atoms with Gasteiger partial charge in [0.05, 0.1) is 25.3 Å². The van der Waals surface area contributed by atoms with Crippen LogP contribution in [-0.4, -0.2) is 29.4 Å². The summed E-state index contributed by atoms with van der Waals surface area (Å²) in [6.45, 7) is 2.12. The first-order chi connectivity index (χ1) is 14.8. The molecule has 5 N–H and O–H groups in total. The van der Waals surface area contributed by atoms with Crippen LogP contribution in [0.5, 0.6) is 0 Å². The number of rotatable bonds is 8. The van der Waals surface area contributed by atoms with Crippen molar-refractivity contribution in [2.45, 2.75) is 38.6 Å². The molecule has 0 aliphatic rings. The molecule has 1 atom stereocenters. The Morgan fingerprint density at radius 1 is 1.16 bits per heavy atom. The monoisotopic (exact) mass is 480 g/mol. The Balaban J connectivity index is 0.000000614. The van der Waals surface area contributed by atoms with E-state index in [2.05, 4.69) is 16.0 Å². The Bertz CT molecular complexity index is 1010. The Morgan fingerprint density at radius 2 is 1.84 bits per heavy atom. The van der Waals surface area contributed by atoms with Crippen molar-refractivity contribution in [2.75, 3.05) is 6.54 Å². The third kappa shape index (κ3) is 8.10. The maximum Gasteiger partial charge on any atom is 0.220 e. The van der Waals surface area contributed by atoms with Crippen LogP contribution >= 0.6 is 34.5 Å². The number of carbonyl (C=O) groups excluding carboxylic acids is 2. The van der Waals surface area contributed by atoms with Crippen LogP contribution in [0.4, 0.5) is 0 Å². The zero-order valence-electron chi connectivity index (χ0n) is 17.2. The van der Waals surface area contributed by atoms with Crippen LogP contribution in [0.3, 0.4) is 0 Å². The second-order valence-electron chi connectivity index (χ2n) is 6.83. The molecule has 0 aliphatic heterocycles. The first-order valence-electron chi connectivity index (χ1n) is 9.89. The quantitative estimate of drug-likeness (QED) is 0.450. The summed E-state index contributed by atoms with van der Waals surface area (Å²) in [7, 11) is 0. The summed E-state index contributed by atoms with van der Waals surface area (Å²) in [6.07, 6.45) is 2.08. The fraction of sp³-hybridized carbons (Fsp3) is 0.318. The highest BCUT2D eigenvalue weighted by Gasteiger charge is 2.14. The van der Waals surface area contributed by atoms with E-state index in [-0.39, 0.29) is 17.9 Å². The van der Waals surface area contributed by atoms with Gasteiger partial charge in [-0.3, -0.25) is 9.59 Å². The molecule has 0 radical (unpaired) electrons. The predicted molar refractivity (Wildman–Crippen MR) is 129 cm³/mol. The topological polar surface area (TPSA) is 111 Å². The average Bonchev–Trinajstić information content (AvgIpc) is 3.19. The lowest BCUT2D eigenvalue weighted by atomic mass is 10.1. The summed E-state index contributed by atoms with van der Waals surface area (Å²) in [4.78, 5) is 26.4. The van der Waals surface area contributed by atoms with Gasteiger partial charge in [0.25, 0.3) is 0 Å². The van der Waals surface area contributed by atoms with E-state index in [1.807, 2.05) is 36.4 Å². The van der Waals surface area contributed by atoms with Crippen LogP contribution in [0.25, 0.3) is 10.2 Å². The number of primary amides is 1. The molecule has 0 aliphatic carbocycles. The van der Waals surface area contributed by atoms with Crippen molar-refractivity contribution in [3.8, 4) is 0 Å². The standard InChI is InChI=1S/C19H19Cl2N3OS.C3H7NO/c20-14-6-7-15-19(18(14)21)26-17(24-15)9-8-16(25)23-13(11-22)10-12-4-2-1-3-5-12;1-2-3(4)5/h1-7,13H,8-11,22H2,(H,23,25);2H2,1H3,(H2,4,5). The number of nitrogens with one attached hydrogen (secondary N) is 1. The molecule has 0 saturated carbocycles. The highest BCUT2D eigenvalue weighted by molar-refractivity contribution is 7.19. The van der Waals surface area contributed by atoms with Gasteiger partial charge >= 0.3 is 0 Å². The second kappa shape index (κ2) is 12.6. The van der Waals surface area contributed by atoms with E-state index in [1.165, 1.54) is 11.3 Å². The minimum absolute atomic E-state index is 0.0280. The van der Waals surface area contributed by atoms with Gasteiger partial charge < -0.3 is 16.8 Å². The molecule has 1 aromatic heterocycles. The molecule has 2 amide bonds. The summed E-state index contributed by atoms with van der Waals surface area (Å²) in [5.74, 6) is -0.273. The van der Waals surface area contributed by atoms with Crippen molar-refractivity contribution < 1.29 is 9.59 Å². The third-order valence-electron chi connectivity index (χ3n) is 4.38. The van der Waals surface area contributed by atoms with Crippen LogP contribution in [0.15, 0.2) is 42.5 Å². The van der Waals surface area contributed by atoms with Gasteiger partial charge in [0.2, 0.25) is 11.8 Å². The van der Waals surface area contributed by atoms with Crippen molar-refractivity contribution >= 4 is 56.6 Å². The smallest absolute Gasteiger partial charge is 0.220 e. The molecule has 1 heterocycles. The lowest BCUT2D eigenvalue weighted by molar-refractivity contribution is -0.121. The van der Waals surface area contributed by atoms with Gasteiger partial charge in [-0.15, -0.1) is 11.3 Å². The molecule has 166 valence electrons. The van der Waals surface area contributed by atoms with Crippen LogP contribution in [0.1, 0.15) is 30.3 Å². The van der Waals surface area contributed by atoms with Gasteiger partial charge in [-0.25, -0.2) is 4.98 Å². The maximum absolute atomic E-state index is 12.3. The van der Waals surface area contributed by atoms with E-state index >= 15 is 0 Å². The molecule has 3 rings (SSSR count). The molecule has 6 nitrogen and oxygen atoms in total. The van der Waals surface area contributed by atoms with Crippen LogP contribution < -0.4 is 16.8 Å². The fourth-order valence-electron chi connectivity index (χ4n) is 2.70. The number of aromatic nitrogens is 1. The van der Waals surface area contributed by atoms with Crippen molar-refractivity contribution in [2.24, 2.45) is 11.5 Å². The highest BCUT2D eigenvalue weighted by Crippen LogP contribution is 2.34. The van der Waals surface area contributed by atoms with Crippen LogP contribution in [0.2, 0.25) is 10.0 Å². The summed E-state index contributed by atoms with van der Waals surface area (Å²) in [5, 5.41) is 4.90. The van der Waals surface area contributed by atoms with Crippen LogP contribution in [-0.2, 0) is 22.4 Å². The number of hydrogen-bond acceptors (Lipinski definition) is 5. The minimum atomic E-state index is -0.245. The van der Waals surface area contributed by atoms with Gasteiger partial charge in [-0.05, 0) is 24.1 Å². The summed E-state index contributed by atoms with van der Waals surface area (Å²) < 4.78 is 0.860. The van der Waals surface area contributed by atoms with Crippen molar-refractivity contribution in [1.29, 1.82) is 0 Å². The minimum Gasteiger partial charge on any atom is -0.370 e. The van der Waals surface area contributed by atoms with Crippen molar-refractivity contribution in [1.82, 2.24) is 10.3 Å². The Kier molecular flexibility index (Phi) is 10.2. The van der Waals surface area contributed by atoms with E-state index in [9.17, 15) is 9.59 Å². The highest BCUT2D eigenvalue weighted by atomic mass is 35.5. The molecular weight excluding hydrogens is 455 g/mol. The lowest BCUT2D eigenvalue weighted by Gasteiger charge is -2.16. The van der Waals surface area contributed by atoms with E-state index in [4.69, 9.17) is 28.9 Å². The molecule has 9 heteroatoms. The van der Waals surface area contributed by atoms with Gasteiger partial charge in [-0.1, -0.05) is 60.5 Å². The number of nitrogens with two attached hydrogens (primary N) is 2. The summed E-state index contributed by atoms with van der Waals surface area (Å²) in [5.41, 5.74) is 12.4. The van der Waals surface area contributed by atoms with Gasteiger partial charge in [0.1, 0.15) is 0 Å². The van der Waals surface area contributed by atoms with Crippen molar-refractivity contribution in [3.63, 3.8) is 0 Å². The van der Waals surface area contributed by atoms with E-state index < -0.39 is 0 Å². The Morgan fingerprint density at radius 3 is 2.45 bits per heavy atom. The SMILES string of the molecule is CCC(N)=O.NCC(Cc1ccccc1)NC(=O)CCc1nc2ccc(Cl)c(Cl)c2s1. The molecule has 3 aromatic rings. The Hall–Kier alpha value is -2.19. The number of halogens is 2. The maximum atomic E-state index is 12.3. The average molecular weight is 481 g/mol. The molecular formula is C22H26Cl2N4O2S. The zero-order valence-corrected chi connectivity index (χ0v) is 19.6. The molecule has 31 heavy (non-hydrogen) atoms. The molecule has 2 aromatic carbocycles. The van der Waals surface area contributed by atoms with Gasteiger partial charge in [0, 0.05) is 31.8 Å². The fourth-order valence-corrected chi connectivity index (χ4v) is 4.19. The molecule has 1 unspecified atom stereocenters. The zero-order chi connectivity index (χ0) is 22.8. The van der Waals surface area contributed by atoms with Gasteiger partial charge in [0.15, 0.2) is 0 Å². The second-order valence-corrected chi connectivity index (χ2v) is 8.70. The summed E-state index contributed by atoms with van der Waals surface area (Å²) >= 11 is 13.7. The van der Waals surface area contributed by atoms with Crippen molar-refractivity contribution in [3.05, 3.63) is 63.1 Å². The first-order valence-corrected chi connectivity index (χ1v) is 11.5. The molecule has 0 saturated heterocycles. The number of nitrogens with zero attached hydrogens (tertiary/aromatic N) is 1. The predicted octanol–water partition coefficient (Wildman–Crippen LogP) is 4.10. The van der Waals surface area contributed by atoms with E-state index in [1.54, 1.807) is 13.0 Å². The number of benzene rings is 2. The van der Waals surface area contributed by atoms with E-state index in [0.717, 1.165) is 27.2 Å². The number of fused-ring (bicyclic) bond motifs is 1. The Labute approximate surface area is 195 Å². The third-order valence-corrected chi connectivity index (χ3v) is 6.45. The van der Waals surface area contributed by atoms with Crippen LogP contribution in [0, 0.1) is 0 Å². The number of amides is 2.